The predicted molar refractivity (Wildman–Crippen MR) is 61.5 cm³/mol. The molecule has 0 aliphatic carbocycles. The van der Waals surface area contributed by atoms with Crippen molar-refractivity contribution in [2.24, 2.45) is 0 Å². The number of hydrogen-bond donors (Lipinski definition) is 0. The molecule has 8 heteroatoms. The zero-order valence-electron chi connectivity index (χ0n) is 9.57. The van der Waals surface area contributed by atoms with Gasteiger partial charge < -0.3 is 0 Å². The Balaban J connectivity index is 2.65. The van der Waals surface area contributed by atoms with Crippen LogP contribution in [0.25, 0.3) is 5.69 Å². The summed E-state index contributed by atoms with van der Waals surface area (Å²) in [5, 5.41) is 6.86. The van der Waals surface area contributed by atoms with Gasteiger partial charge in [-0.2, -0.15) is 13.2 Å². The van der Waals surface area contributed by atoms with Gasteiger partial charge in [-0.3, -0.25) is 4.79 Å². The van der Waals surface area contributed by atoms with Gasteiger partial charge in [0.05, 0.1) is 5.69 Å². The average Bonchev–Trinajstić information content (AvgIpc) is 2.76. The van der Waals surface area contributed by atoms with Crippen molar-refractivity contribution in [3.05, 3.63) is 40.2 Å². The van der Waals surface area contributed by atoms with E-state index in [0.29, 0.717) is 9.70 Å². The van der Waals surface area contributed by atoms with Crippen molar-refractivity contribution in [3.63, 3.8) is 0 Å². The largest absolute Gasteiger partial charge is 0.435 e. The molecule has 0 N–H and O–H groups in total. The predicted octanol–water partition coefficient (Wildman–Crippen LogP) is 3.06. The van der Waals surface area contributed by atoms with Crippen LogP contribution in [0.1, 0.15) is 21.7 Å². The van der Waals surface area contributed by atoms with E-state index in [9.17, 15) is 18.0 Å². The summed E-state index contributed by atoms with van der Waals surface area (Å²) in [5.74, 6) is 0. The molecule has 0 unspecified atom stereocenters. The molecule has 0 saturated carbocycles. The molecule has 0 saturated heterocycles. The zero-order chi connectivity index (χ0) is 14.2. The molecule has 0 amide bonds. The molecule has 1 aromatic carbocycles. The molecule has 0 aliphatic heterocycles. The summed E-state index contributed by atoms with van der Waals surface area (Å²) >= 11 is 5.86. The Kier molecular flexibility index (Phi) is 3.32. The third-order valence-corrected chi connectivity index (χ3v) is 2.88. The lowest BCUT2D eigenvalue weighted by atomic mass is 10.2. The van der Waals surface area contributed by atoms with Gasteiger partial charge in [0.15, 0.2) is 17.7 Å². The van der Waals surface area contributed by atoms with Crippen LogP contribution in [0, 0.1) is 6.92 Å². The average molecular weight is 290 g/mol. The molecule has 1 heterocycles. The van der Waals surface area contributed by atoms with Crippen LogP contribution in [0.4, 0.5) is 13.2 Å². The Morgan fingerprint density at radius 3 is 2.58 bits per heavy atom. The molecular formula is C11H7ClF3N3O. The van der Waals surface area contributed by atoms with E-state index in [2.05, 4.69) is 10.3 Å². The minimum atomic E-state index is -4.74. The summed E-state index contributed by atoms with van der Waals surface area (Å²) in [5.41, 5.74) is -1.18. The summed E-state index contributed by atoms with van der Waals surface area (Å²) in [6.45, 7) is 1.72. The lowest BCUT2D eigenvalue weighted by Gasteiger charge is -2.10. The van der Waals surface area contributed by atoms with Gasteiger partial charge >= 0.3 is 6.18 Å². The molecular weight excluding hydrogens is 283 g/mol. The second kappa shape index (κ2) is 4.65. The highest BCUT2D eigenvalue weighted by molar-refractivity contribution is 6.31. The number of aryl methyl sites for hydroxylation is 1. The van der Waals surface area contributed by atoms with Crippen LogP contribution in [0.3, 0.4) is 0 Å². The van der Waals surface area contributed by atoms with E-state index in [-0.39, 0.29) is 12.0 Å². The molecule has 0 bridgehead atoms. The minimum absolute atomic E-state index is 0.0160. The van der Waals surface area contributed by atoms with Crippen molar-refractivity contribution in [1.82, 2.24) is 15.0 Å². The molecule has 100 valence electrons. The van der Waals surface area contributed by atoms with Crippen molar-refractivity contribution < 1.29 is 18.0 Å². The highest BCUT2D eigenvalue weighted by Crippen LogP contribution is 2.32. The van der Waals surface area contributed by atoms with Crippen molar-refractivity contribution in [1.29, 1.82) is 0 Å². The number of halogens is 4. The molecule has 0 aliphatic rings. The molecule has 2 aromatic rings. The number of carbonyl (C=O) groups is 1. The Morgan fingerprint density at radius 2 is 2.05 bits per heavy atom. The maximum atomic E-state index is 12.9. The van der Waals surface area contributed by atoms with Crippen LogP contribution in [0.2, 0.25) is 5.02 Å². The van der Waals surface area contributed by atoms with Gasteiger partial charge in [0.1, 0.15) is 0 Å². The first kappa shape index (κ1) is 13.5. The summed E-state index contributed by atoms with van der Waals surface area (Å²) in [4.78, 5) is 10.6. The third-order valence-electron chi connectivity index (χ3n) is 2.48. The Labute approximate surface area is 110 Å². The van der Waals surface area contributed by atoms with Crippen molar-refractivity contribution in [2.75, 3.05) is 0 Å². The second-order valence-corrected chi connectivity index (χ2v) is 4.19. The Morgan fingerprint density at radius 1 is 1.37 bits per heavy atom. The monoisotopic (exact) mass is 289 g/mol. The van der Waals surface area contributed by atoms with Gasteiger partial charge in [-0.1, -0.05) is 22.9 Å². The first-order chi connectivity index (χ1) is 8.84. The Hall–Kier alpha value is -1.89. The fourth-order valence-corrected chi connectivity index (χ4v) is 1.71. The van der Waals surface area contributed by atoms with Gasteiger partial charge in [-0.15, -0.1) is 5.10 Å². The van der Waals surface area contributed by atoms with Crippen molar-refractivity contribution in [3.8, 4) is 5.69 Å². The van der Waals surface area contributed by atoms with Gasteiger partial charge in [0, 0.05) is 5.02 Å². The van der Waals surface area contributed by atoms with E-state index in [1.54, 1.807) is 13.0 Å². The molecule has 0 radical (unpaired) electrons. The fraction of sp³-hybridized carbons (Fsp3) is 0.182. The normalized spacial score (nSPS) is 11.6. The number of aldehydes is 1. The van der Waals surface area contributed by atoms with Gasteiger partial charge in [-0.25, -0.2) is 4.68 Å². The topological polar surface area (TPSA) is 47.8 Å². The quantitative estimate of drug-likeness (QED) is 0.798. The number of hydrogen-bond acceptors (Lipinski definition) is 3. The third kappa shape index (κ3) is 2.46. The lowest BCUT2D eigenvalue weighted by Crippen LogP contribution is -2.15. The van der Waals surface area contributed by atoms with E-state index in [0.717, 1.165) is 5.56 Å². The van der Waals surface area contributed by atoms with Crippen molar-refractivity contribution in [2.45, 2.75) is 13.1 Å². The number of rotatable bonds is 2. The number of alkyl halides is 3. The molecule has 4 nitrogen and oxygen atoms in total. The first-order valence-electron chi connectivity index (χ1n) is 5.09. The summed E-state index contributed by atoms with van der Waals surface area (Å²) in [7, 11) is 0. The van der Waals surface area contributed by atoms with Crippen LogP contribution in [-0.4, -0.2) is 21.3 Å². The first-order valence-corrected chi connectivity index (χ1v) is 5.47. The van der Waals surface area contributed by atoms with Crippen LogP contribution in [0.5, 0.6) is 0 Å². The number of aromatic nitrogens is 3. The zero-order valence-corrected chi connectivity index (χ0v) is 10.3. The number of carbonyl (C=O) groups excluding carboxylic acids is 1. The fourth-order valence-electron chi connectivity index (χ4n) is 1.53. The van der Waals surface area contributed by atoms with Gasteiger partial charge in [-0.05, 0) is 24.6 Å². The highest BCUT2D eigenvalue weighted by atomic mass is 35.5. The smallest absolute Gasteiger partial charge is 0.296 e. The summed E-state index contributed by atoms with van der Waals surface area (Å²) in [6, 6.07) is 4.30. The number of nitrogens with zero attached hydrogens (tertiary/aromatic N) is 3. The number of benzene rings is 1. The minimum Gasteiger partial charge on any atom is -0.296 e. The molecule has 1 aromatic heterocycles. The van der Waals surface area contributed by atoms with Crippen LogP contribution in [-0.2, 0) is 6.18 Å². The summed E-state index contributed by atoms with van der Waals surface area (Å²) in [6.07, 6.45) is -4.72. The van der Waals surface area contributed by atoms with E-state index >= 15 is 0 Å². The maximum Gasteiger partial charge on any atom is 0.435 e. The van der Waals surface area contributed by atoms with Gasteiger partial charge in [0.25, 0.3) is 0 Å². The highest BCUT2D eigenvalue weighted by Gasteiger charge is 2.39. The Bertz CT molecular complexity index is 637. The van der Waals surface area contributed by atoms with E-state index in [1.165, 1.54) is 12.1 Å². The van der Waals surface area contributed by atoms with E-state index < -0.39 is 17.6 Å². The van der Waals surface area contributed by atoms with Crippen LogP contribution < -0.4 is 0 Å². The van der Waals surface area contributed by atoms with Crippen LogP contribution in [0.15, 0.2) is 18.2 Å². The van der Waals surface area contributed by atoms with Crippen LogP contribution >= 0.6 is 11.6 Å². The second-order valence-electron chi connectivity index (χ2n) is 3.78. The van der Waals surface area contributed by atoms with E-state index in [4.69, 9.17) is 11.6 Å². The van der Waals surface area contributed by atoms with E-state index in [1.807, 2.05) is 0 Å². The molecule has 0 atom stereocenters. The summed E-state index contributed by atoms with van der Waals surface area (Å²) < 4.78 is 39.3. The molecule has 2 rings (SSSR count). The molecule has 0 fully saturated rings. The molecule has 0 spiro atoms. The van der Waals surface area contributed by atoms with Gasteiger partial charge in [0.2, 0.25) is 0 Å². The molecule has 19 heavy (non-hydrogen) atoms. The maximum absolute atomic E-state index is 12.9. The standard InChI is InChI=1S/C11H7ClF3N3O/c1-6-2-3-7(4-8(6)12)18-10(11(13,14)15)9(5-19)16-17-18/h2-5H,1H3. The van der Waals surface area contributed by atoms with Crippen molar-refractivity contribution >= 4 is 17.9 Å². The lowest BCUT2D eigenvalue weighted by molar-refractivity contribution is -0.143. The SMILES string of the molecule is Cc1ccc(-n2nnc(C=O)c2C(F)(F)F)cc1Cl.